The highest BCUT2D eigenvalue weighted by atomic mass is 32.1. The first-order valence-electron chi connectivity index (χ1n) is 5.77. The molecule has 0 bridgehead atoms. The van der Waals surface area contributed by atoms with Crippen molar-refractivity contribution < 1.29 is 4.42 Å². The molecule has 0 aromatic carbocycles. The van der Waals surface area contributed by atoms with Gasteiger partial charge in [-0.2, -0.15) is 0 Å². The molecule has 1 saturated heterocycles. The Bertz CT molecular complexity index is 480. The van der Waals surface area contributed by atoms with Crippen LogP contribution in [0.3, 0.4) is 0 Å². The predicted octanol–water partition coefficient (Wildman–Crippen LogP) is 1.94. The molecule has 1 atom stereocenters. The molecule has 3 heterocycles. The molecule has 17 heavy (non-hydrogen) atoms. The highest BCUT2D eigenvalue weighted by molar-refractivity contribution is 7.13. The van der Waals surface area contributed by atoms with Crippen molar-refractivity contribution in [3.05, 3.63) is 29.5 Å². The zero-order valence-electron chi connectivity index (χ0n) is 9.50. The van der Waals surface area contributed by atoms with Crippen molar-refractivity contribution in [3.63, 3.8) is 0 Å². The van der Waals surface area contributed by atoms with E-state index in [1.54, 1.807) is 17.6 Å². The summed E-state index contributed by atoms with van der Waals surface area (Å²) in [6.07, 6.45) is 2.77. The van der Waals surface area contributed by atoms with Crippen LogP contribution in [-0.2, 0) is 6.54 Å². The van der Waals surface area contributed by atoms with Crippen LogP contribution in [0.15, 0.2) is 28.2 Å². The fraction of sp³-hybridized carbons (Fsp3) is 0.417. The third-order valence-electron chi connectivity index (χ3n) is 2.98. The number of thiazole rings is 1. The fourth-order valence-electron chi connectivity index (χ4n) is 2.13. The summed E-state index contributed by atoms with van der Waals surface area (Å²) in [5.74, 6) is 0.847. The number of nitrogens with two attached hydrogens (primary N) is 1. The Hall–Kier alpha value is -1.17. The lowest BCUT2D eigenvalue weighted by atomic mass is 10.3. The van der Waals surface area contributed by atoms with Gasteiger partial charge in [0, 0.05) is 31.1 Å². The number of rotatable bonds is 3. The summed E-state index contributed by atoms with van der Waals surface area (Å²) in [6, 6.07) is 4.16. The first-order chi connectivity index (χ1) is 8.31. The maximum atomic E-state index is 5.89. The lowest BCUT2D eigenvalue weighted by Gasteiger charge is -2.12. The molecule has 0 radical (unpaired) electrons. The molecule has 3 rings (SSSR count). The highest BCUT2D eigenvalue weighted by Crippen LogP contribution is 2.24. The van der Waals surface area contributed by atoms with Crippen LogP contribution in [-0.4, -0.2) is 29.0 Å². The zero-order chi connectivity index (χ0) is 11.7. The molecule has 1 aliphatic heterocycles. The molecule has 0 saturated carbocycles. The van der Waals surface area contributed by atoms with Crippen LogP contribution in [0.25, 0.3) is 10.8 Å². The van der Waals surface area contributed by atoms with Crippen molar-refractivity contribution in [2.45, 2.75) is 19.0 Å². The van der Waals surface area contributed by atoms with E-state index in [0.717, 1.165) is 42.5 Å². The molecule has 2 aromatic rings. The number of hydrogen-bond donors (Lipinski definition) is 1. The van der Waals surface area contributed by atoms with E-state index >= 15 is 0 Å². The summed E-state index contributed by atoms with van der Waals surface area (Å²) in [4.78, 5) is 6.94. The number of likely N-dealkylation sites (tertiary alicyclic amines) is 1. The summed E-state index contributed by atoms with van der Waals surface area (Å²) < 4.78 is 5.33. The average molecular weight is 249 g/mol. The van der Waals surface area contributed by atoms with Crippen LogP contribution < -0.4 is 5.73 Å². The second-order valence-corrected chi connectivity index (χ2v) is 5.26. The second kappa shape index (κ2) is 4.60. The van der Waals surface area contributed by atoms with Crippen LogP contribution in [0.1, 0.15) is 12.1 Å². The van der Waals surface area contributed by atoms with Crippen molar-refractivity contribution in [3.8, 4) is 10.8 Å². The van der Waals surface area contributed by atoms with Crippen molar-refractivity contribution in [1.29, 1.82) is 0 Å². The molecule has 5 heteroatoms. The molecule has 2 aromatic heterocycles. The van der Waals surface area contributed by atoms with E-state index in [1.807, 2.05) is 12.1 Å². The Labute approximate surface area is 104 Å². The fourth-order valence-corrected chi connectivity index (χ4v) is 2.91. The summed E-state index contributed by atoms with van der Waals surface area (Å²) in [6.45, 7) is 2.95. The summed E-state index contributed by atoms with van der Waals surface area (Å²) in [7, 11) is 0. The Kier molecular flexibility index (Phi) is 2.96. The van der Waals surface area contributed by atoms with Gasteiger partial charge in [0.25, 0.3) is 0 Å². The lowest BCUT2D eigenvalue weighted by molar-refractivity contribution is 0.323. The molecule has 1 unspecified atom stereocenters. The first-order valence-corrected chi connectivity index (χ1v) is 6.65. The minimum Gasteiger partial charge on any atom is -0.462 e. The van der Waals surface area contributed by atoms with E-state index in [1.165, 1.54) is 0 Å². The monoisotopic (exact) mass is 249 g/mol. The molecular formula is C12H15N3OS. The van der Waals surface area contributed by atoms with E-state index < -0.39 is 0 Å². The SMILES string of the molecule is NC1CCN(Cc2csc(-c3ccco3)n2)C1. The van der Waals surface area contributed by atoms with Crippen LogP contribution in [0.4, 0.5) is 0 Å². The first kappa shape index (κ1) is 11.0. The second-order valence-electron chi connectivity index (χ2n) is 4.41. The number of aromatic nitrogens is 1. The summed E-state index contributed by atoms with van der Waals surface area (Å²) in [5, 5.41) is 3.05. The molecule has 0 aliphatic carbocycles. The summed E-state index contributed by atoms with van der Waals surface area (Å²) >= 11 is 1.63. The predicted molar refractivity (Wildman–Crippen MR) is 67.7 cm³/mol. The van der Waals surface area contributed by atoms with E-state index in [2.05, 4.69) is 15.3 Å². The molecule has 2 N–H and O–H groups in total. The smallest absolute Gasteiger partial charge is 0.162 e. The third kappa shape index (κ3) is 2.41. The maximum Gasteiger partial charge on any atom is 0.162 e. The van der Waals surface area contributed by atoms with E-state index in [-0.39, 0.29) is 0 Å². The molecule has 4 nitrogen and oxygen atoms in total. The van der Waals surface area contributed by atoms with Gasteiger partial charge >= 0.3 is 0 Å². The minimum absolute atomic E-state index is 0.332. The standard InChI is InChI=1S/C12H15N3OS/c13-9-3-4-15(6-9)7-10-8-17-12(14-10)11-2-1-5-16-11/h1-2,5,8-9H,3-4,6-7,13H2. The van der Waals surface area contributed by atoms with Gasteiger partial charge in [0.1, 0.15) is 0 Å². The van der Waals surface area contributed by atoms with E-state index in [4.69, 9.17) is 10.2 Å². The largest absolute Gasteiger partial charge is 0.462 e. The Morgan fingerprint density at radius 2 is 2.53 bits per heavy atom. The average Bonchev–Trinajstić information content (AvgIpc) is 3.00. The van der Waals surface area contributed by atoms with Gasteiger partial charge < -0.3 is 10.2 Å². The molecule has 1 fully saturated rings. The van der Waals surface area contributed by atoms with Gasteiger partial charge in [-0.05, 0) is 18.6 Å². The molecule has 0 amide bonds. The van der Waals surface area contributed by atoms with Crippen molar-refractivity contribution in [2.75, 3.05) is 13.1 Å². The van der Waals surface area contributed by atoms with Crippen LogP contribution in [0, 0.1) is 0 Å². The van der Waals surface area contributed by atoms with Gasteiger partial charge in [0.05, 0.1) is 12.0 Å². The van der Waals surface area contributed by atoms with Crippen LogP contribution in [0.5, 0.6) is 0 Å². The number of hydrogen-bond acceptors (Lipinski definition) is 5. The Morgan fingerprint density at radius 1 is 1.59 bits per heavy atom. The number of furan rings is 1. The third-order valence-corrected chi connectivity index (χ3v) is 3.88. The topological polar surface area (TPSA) is 55.3 Å². The maximum absolute atomic E-state index is 5.89. The van der Waals surface area contributed by atoms with Gasteiger partial charge in [-0.1, -0.05) is 0 Å². The van der Waals surface area contributed by atoms with Crippen molar-refractivity contribution >= 4 is 11.3 Å². The van der Waals surface area contributed by atoms with Crippen LogP contribution >= 0.6 is 11.3 Å². The van der Waals surface area contributed by atoms with Gasteiger partial charge in [0.2, 0.25) is 0 Å². The van der Waals surface area contributed by atoms with E-state index in [9.17, 15) is 0 Å². The lowest BCUT2D eigenvalue weighted by Crippen LogP contribution is -2.26. The van der Waals surface area contributed by atoms with Gasteiger partial charge in [0.15, 0.2) is 10.8 Å². The van der Waals surface area contributed by atoms with E-state index in [0.29, 0.717) is 6.04 Å². The molecule has 1 aliphatic rings. The highest BCUT2D eigenvalue weighted by Gasteiger charge is 2.20. The van der Waals surface area contributed by atoms with Gasteiger partial charge in [-0.25, -0.2) is 4.98 Å². The molecular weight excluding hydrogens is 234 g/mol. The number of nitrogens with zero attached hydrogens (tertiary/aromatic N) is 2. The van der Waals surface area contributed by atoms with Crippen LogP contribution in [0.2, 0.25) is 0 Å². The molecule has 0 spiro atoms. The van der Waals surface area contributed by atoms with Crippen molar-refractivity contribution in [1.82, 2.24) is 9.88 Å². The normalized spacial score (nSPS) is 21.1. The minimum atomic E-state index is 0.332. The zero-order valence-corrected chi connectivity index (χ0v) is 10.3. The van der Waals surface area contributed by atoms with Gasteiger partial charge in [-0.3, -0.25) is 4.90 Å². The Morgan fingerprint density at radius 3 is 3.24 bits per heavy atom. The quantitative estimate of drug-likeness (QED) is 0.903. The van der Waals surface area contributed by atoms with Gasteiger partial charge in [-0.15, -0.1) is 11.3 Å². The summed E-state index contributed by atoms with van der Waals surface area (Å²) in [5.41, 5.74) is 6.99. The molecule has 90 valence electrons. The Balaban J connectivity index is 1.69. The van der Waals surface area contributed by atoms with Crippen molar-refractivity contribution in [2.24, 2.45) is 5.73 Å².